The van der Waals surface area contributed by atoms with Crippen LogP contribution < -0.4 is 4.90 Å². The number of hydrogen-bond acceptors (Lipinski definition) is 4. The van der Waals surface area contributed by atoms with Gasteiger partial charge in [-0.1, -0.05) is 69.5 Å². The van der Waals surface area contributed by atoms with Gasteiger partial charge in [0, 0.05) is 14.6 Å². The van der Waals surface area contributed by atoms with Gasteiger partial charge in [0.2, 0.25) is 0 Å². The molecule has 0 saturated carbocycles. The number of nitrogens with zero attached hydrogens (tertiary/aromatic N) is 2. The Balaban J connectivity index is 1.59. The summed E-state index contributed by atoms with van der Waals surface area (Å²) in [5.41, 5.74) is 0.980. The third-order valence-corrected chi connectivity index (χ3v) is 7.79. The molecule has 0 unspecified atom stereocenters. The van der Waals surface area contributed by atoms with E-state index in [1.54, 1.807) is 48.5 Å². The van der Waals surface area contributed by atoms with Crippen LogP contribution in [0.3, 0.4) is 0 Å². The highest BCUT2D eigenvalue weighted by Gasteiger charge is 2.38. The Labute approximate surface area is 211 Å². The van der Waals surface area contributed by atoms with E-state index in [4.69, 9.17) is 23.2 Å². The van der Waals surface area contributed by atoms with Crippen LogP contribution >= 0.6 is 50.5 Å². The number of carbonyl (C=O) groups is 3. The molecule has 9 heteroatoms. The molecule has 2 heterocycles. The summed E-state index contributed by atoms with van der Waals surface area (Å²) >= 11 is 17.7. The van der Waals surface area contributed by atoms with Crippen molar-refractivity contribution in [3.8, 4) is 0 Å². The van der Waals surface area contributed by atoms with Gasteiger partial charge in [0.25, 0.3) is 17.7 Å². The van der Waals surface area contributed by atoms with Crippen LogP contribution in [0.15, 0.2) is 71.2 Å². The second-order valence-electron chi connectivity index (χ2n) is 7.30. The number of halogens is 3. The van der Waals surface area contributed by atoms with Crippen LogP contribution in [0.2, 0.25) is 10.0 Å². The molecule has 0 spiro atoms. The van der Waals surface area contributed by atoms with E-state index in [2.05, 4.69) is 15.9 Å². The average molecular weight is 560 g/mol. The number of imide groups is 1. The van der Waals surface area contributed by atoms with Crippen LogP contribution in [0, 0.1) is 0 Å². The van der Waals surface area contributed by atoms with Crippen molar-refractivity contribution in [2.75, 3.05) is 11.6 Å². The van der Waals surface area contributed by atoms with E-state index in [0.717, 1.165) is 19.5 Å². The summed E-state index contributed by atoms with van der Waals surface area (Å²) in [7, 11) is 0. The Morgan fingerprint density at radius 2 is 1.58 bits per heavy atom. The molecule has 164 valence electrons. The summed E-state index contributed by atoms with van der Waals surface area (Å²) < 4.78 is 1.69. The van der Waals surface area contributed by atoms with Gasteiger partial charge < -0.3 is 0 Å². The fraction of sp³-hybridized carbons (Fsp3) is 0.0417. The van der Waals surface area contributed by atoms with Gasteiger partial charge in [-0.05, 0) is 36.4 Å². The monoisotopic (exact) mass is 558 g/mol. The molecule has 1 aromatic heterocycles. The molecule has 0 N–H and O–H groups in total. The number of fused-ring (bicyclic) bond motifs is 2. The smallest absolute Gasteiger partial charge is 0.271 e. The van der Waals surface area contributed by atoms with E-state index < -0.39 is 17.7 Å². The Kier molecular flexibility index (Phi) is 5.74. The number of thiophene rings is 1. The zero-order valence-corrected chi connectivity index (χ0v) is 20.6. The van der Waals surface area contributed by atoms with E-state index in [0.29, 0.717) is 31.7 Å². The molecule has 0 fully saturated rings. The van der Waals surface area contributed by atoms with Crippen LogP contribution in [-0.2, 0) is 0 Å². The lowest BCUT2D eigenvalue weighted by atomic mass is 10.1. The molecule has 4 aromatic rings. The third-order valence-electron chi connectivity index (χ3n) is 5.34. The first-order valence-corrected chi connectivity index (χ1v) is 12.1. The summed E-state index contributed by atoms with van der Waals surface area (Å²) in [5.74, 6) is -1.39. The van der Waals surface area contributed by atoms with Gasteiger partial charge >= 0.3 is 0 Å². The largest absolute Gasteiger partial charge is 0.287 e. The molecule has 0 radical (unpaired) electrons. The van der Waals surface area contributed by atoms with Crippen LogP contribution in [0.5, 0.6) is 0 Å². The molecule has 3 amide bonds. The molecule has 3 aromatic carbocycles. The van der Waals surface area contributed by atoms with Crippen LogP contribution in [-0.4, -0.2) is 29.3 Å². The number of para-hydroxylation sites is 1. The number of amides is 3. The van der Waals surface area contributed by atoms with Crippen LogP contribution in [0.25, 0.3) is 10.1 Å². The number of rotatable bonds is 4. The van der Waals surface area contributed by atoms with Gasteiger partial charge in [-0.15, -0.1) is 11.3 Å². The molecule has 5 nitrogen and oxygen atoms in total. The number of anilines is 1. The molecule has 1 aliphatic rings. The lowest BCUT2D eigenvalue weighted by Crippen LogP contribution is -2.44. The second kappa shape index (κ2) is 8.57. The van der Waals surface area contributed by atoms with Crippen molar-refractivity contribution in [1.29, 1.82) is 0 Å². The summed E-state index contributed by atoms with van der Waals surface area (Å²) in [6.45, 7) is -0.302. The van der Waals surface area contributed by atoms with Crippen molar-refractivity contribution >= 4 is 84.0 Å². The maximum absolute atomic E-state index is 13.8. The lowest BCUT2D eigenvalue weighted by Gasteiger charge is -2.27. The van der Waals surface area contributed by atoms with Gasteiger partial charge in [-0.25, -0.2) is 0 Å². The molecular formula is C24H13BrCl2N2O3S. The Hall–Kier alpha value is -2.71. The van der Waals surface area contributed by atoms with Crippen LogP contribution in [0.1, 0.15) is 30.4 Å². The number of carbonyl (C=O) groups excluding carboxylic acids is 3. The molecule has 33 heavy (non-hydrogen) atoms. The molecule has 1 aliphatic heterocycles. The van der Waals surface area contributed by atoms with E-state index in [1.165, 1.54) is 16.2 Å². The van der Waals surface area contributed by atoms with Gasteiger partial charge in [-0.2, -0.15) is 0 Å². The predicted molar refractivity (Wildman–Crippen MR) is 135 cm³/mol. The molecular weight excluding hydrogens is 547 g/mol. The number of benzene rings is 3. The number of hydrogen-bond donors (Lipinski definition) is 0. The first kappa shape index (κ1) is 22.1. The van der Waals surface area contributed by atoms with Gasteiger partial charge in [0.05, 0.1) is 26.9 Å². The van der Waals surface area contributed by atoms with Crippen molar-refractivity contribution in [3.63, 3.8) is 0 Å². The van der Waals surface area contributed by atoms with E-state index >= 15 is 0 Å². The molecule has 0 atom stereocenters. The minimum Gasteiger partial charge on any atom is -0.287 e. The van der Waals surface area contributed by atoms with Crippen LogP contribution in [0.4, 0.5) is 5.69 Å². The van der Waals surface area contributed by atoms with Gasteiger partial charge in [0.1, 0.15) is 11.5 Å². The topological polar surface area (TPSA) is 57.7 Å². The van der Waals surface area contributed by atoms with Crippen molar-refractivity contribution in [3.05, 3.63) is 97.3 Å². The lowest BCUT2D eigenvalue weighted by molar-refractivity contribution is 0.0650. The highest BCUT2D eigenvalue weighted by Crippen LogP contribution is 2.39. The Morgan fingerprint density at radius 3 is 2.24 bits per heavy atom. The maximum atomic E-state index is 13.8. The predicted octanol–water partition coefficient (Wildman–Crippen LogP) is 6.87. The van der Waals surface area contributed by atoms with Crippen molar-refractivity contribution < 1.29 is 14.4 Å². The summed E-state index contributed by atoms with van der Waals surface area (Å²) in [6.07, 6.45) is 0. The van der Waals surface area contributed by atoms with Crippen molar-refractivity contribution in [2.24, 2.45) is 0 Å². The summed E-state index contributed by atoms with van der Waals surface area (Å²) in [4.78, 5) is 42.4. The molecule has 5 rings (SSSR count). The van der Waals surface area contributed by atoms with Gasteiger partial charge in [-0.3, -0.25) is 24.2 Å². The average Bonchev–Trinajstić information content (AvgIpc) is 3.26. The zero-order valence-electron chi connectivity index (χ0n) is 16.7. The minimum atomic E-state index is -0.466. The van der Waals surface area contributed by atoms with Crippen molar-refractivity contribution in [1.82, 2.24) is 4.90 Å². The Bertz CT molecular complexity index is 1430. The second-order valence-corrected chi connectivity index (χ2v) is 10.0. The maximum Gasteiger partial charge on any atom is 0.271 e. The van der Waals surface area contributed by atoms with E-state index in [1.807, 2.05) is 18.2 Å². The minimum absolute atomic E-state index is 0.293. The van der Waals surface area contributed by atoms with E-state index in [-0.39, 0.29) is 6.67 Å². The first-order chi connectivity index (χ1) is 15.9. The molecule has 0 bridgehead atoms. The zero-order chi connectivity index (χ0) is 23.3. The van der Waals surface area contributed by atoms with E-state index in [9.17, 15) is 14.4 Å². The standard InChI is InChI=1S/C24H13BrCl2N2O3S/c25-13-9-10-16-19(11-13)33-21(20(16)27)24(32)28(18-8-4-3-7-17(18)26)12-29-22(30)14-5-1-2-6-15(14)23(29)31/h1-11H,12H2. The quantitative estimate of drug-likeness (QED) is 0.256. The third kappa shape index (κ3) is 3.75. The molecule has 0 saturated heterocycles. The molecule has 0 aliphatic carbocycles. The van der Waals surface area contributed by atoms with Crippen molar-refractivity contribution in [2.45, 2.75) is 0 Å². The highest BCUT2D eigenvalue weighted by molar-refractivity contribution is 9.10. The van der Waals surface area contributed by atoms with Gasteiger partial charge in [0.15, 0.2) is 0 Å². The SMILES string of the molecule is O=C1c2ccccc2C(=O)N1CN(C(=O)c1sc2cc(Br)ccc2c1Cl)c1ccccc1Cl. The normalized spacial score (nSPS) is 13.0. The highest BCUT2D eigenvalue weighted by atomic mass is 79.9. The fourth-order valence-electron chi connectivity index (χ4n) is 3.73. The summed E-state index contributed by atoms with van der Waals surface area (Å²) in [6, 6.07) is 18.9. The summed E-state index contributed by atoms with van der Waals surface area (Å²) in [5, 5.41) is 1.36. The fourth-order valence-corrected chi connectivity index (χ4v) is 5.98. The Morgan fingerprint density at radius 1 is 0.939 bits per heavy atom. The first-order valence-electron chi connectivity index (χ1n) is 9.76.